The SMILES string of the molecule is CCC(C)N1C(C)=CN2C1=NC1C2C(=O)N(Cc2c(F)cccc2Cl)C(=O)N1C. The summed E-state index contributed by atoms with van der Waals surface area (Å²) in [6.45, 7) is 5.93. The molecule has 9 heteroatoms. The Labute approximate surface area is 174 Å². The molecule has 3 aliphatic rings. The highest BCUT2D eigenvalue weighted by Crippen LogP contribution is 2.36. The van der Waals surface area contributed by atoms with Crippen LogP contribution in [-0.4, -0.2) is 62.8 Å². The number of halogens is 2. The molecule has 1 fully saturated rings. The fourth-order valence-corrected chi connectivity index (χ4v) is 4.31. The van der Waals surface area contributed by atoms with Gasteiger partial charge in [-0.3, -0.25) is 9.69 Å². The zero-order chi connectivity index (χ0) is 21.0. The lowest BCUT2D eigenvalue weighted by molar-refractivity contribution is -0.137. The predicted octanol–water partition coefficient (Wildman–Crippen LogP) is 3.21. The number of imide groups is 1. The number of benzene rings is 1. The molecule has 0 bridgehead atoms. The number of fused-ring (bicyclic) bond motifs is 3. The first-order chi connectivity index (χ1) is 13.8. The lowest BCUT2D eigenvalue weighted by atomic mass is 10.1. The molecule has 3 heterocycles. The highest BCUT2D eigenvalue weighted by Gasteiger charge is 2.54. The molecule has 1 saturated heterocycles. The number of allylic oxidation sites excluding steroid dienone is 1. The number of nitrogens with zero attached hydrogens (tertiary/aromatic N) is 5. The molecule has 0 saturated carbocycles. The van der Waals surface area contributed by atoms with Crippen LogP contribution in [0.25, 0.3) is 0 Å². The quantitative estimate of drug-likeness (QED) is 0.751. The van der Waals surface area contributed by atoms with Crippen molar-refractivity contribution in [3.8, 4) is 0 Å². The molecule has 7 nitrogen and oxygen atoms in total. The molecule has 0 radical (unpaired) electrons. The summed E-state index contributed by atoms with van der Waals surface area (Å²) >= 11 is 6.12. The van der Waals surface area contributed by atoms with Gasteiger partial charge in [-0.15, -0.1) is 0 Å². The number of guanidine groups is 1. The van der Waals surface area contributed by atoms with Crippen LogP contribution in [0.4, 0.5) is 9.18 Å². The Hall–Kier alpha value is -2.61. The number of amides is 3. The first kappa shape index (κ1) is 19.7. The molecule has 0 aromatic heterocycles. The second-order valence-corrected chi connectivity index (χ2v) is 8.02. The topological polar surface area (TPSA) is 59.5 Å². The molecule has 0 aliphatic carbocycles. The fraction of sp³-hybridized carbons (Fsp3) is 0.450. The zero-order valence-corrected chi connectivity index (χ0v) is 17.5. The maximum atomic E-state index is 14.3. The van der Waals surface area contributed by atoms with Gasteiger partial charge in [0, 0.05) is 35.6 Å². The Morgan fingerprint density at radius 2 is 2.03 bits per heavy atom. The van der Waals surface area contributed by atoms with E-state index in [0.717, 1.165) is 17.0 Å². The molecule has 3 atom stereocenters. The van der Waals surface area contributed by atoms with Crippen LogP contribution in [0, 0.1) is 5.82 Å². The number of hydrogen-bond donors (Lipinski definition) is 0. The highest BCUT2D eigenvalue weighted by atomic mass is 35.5. The predicted molar refractivity (Wildman–Crippen MR) is 107 cm³/mol. The molecular weight excluding hydrogens is 397 g/mol. The van der Waals surface area contributed by atoms with Crippen LogP contribution in [0.2, 0.25) is 5.02 Å². The average molecular weight is 420 g/mol. The minimum Gasteiger partial charge on any atom is -0.312 e. The zero-order valence-electron chi connectivity index (χ0n) is 16.8. The third-order valence-corrected chi connectivity index (χ3v) is 6.19. The van der Waals surface area contributed by atoms with Gasteiger partial charge >= 0.3 is 6.03 Å². The third kappa shape index (κ3) is 2.88. The molecule has 3 unspecified atom stereocenters. The van der Waals surface area contributed by atoms with E-state index < -0.39 is 30.0 Å². The molecule has 1 aromatic carbocycles. The van der Waals surface area contributed by atoms with E-state index in [4.69, 9.17) is 16.6 Å². The summed E-state index contributed by atoms with van der Waals surface area (Å²) in [7, 11) is 1.61. The average Bonchev–Trinajstić information content (AvgIpc) is 3.19. The monoisotopic (exact) mass is 419 g/mol. The normalized spacial score (nSPS) is 24.6. The second-order valence-electron chi connectivity index (χ2n) is 7.61. The molecule has 3 amide bonds. The fourth-order valence-electron chi connectivity index (χ4n) is 4.09. The van der Waals surface area contributed by atoms with E-state index in [1.54, 1.807) is 13.1 Å². The number of carbonyl (C=O) groups is 2. The van der Waals surface area contributed by atoms with Gasteiger partial charge < -0.3 is 14.7 Å². The van der Waals surface area contributed by atoms with Crippen molar-refractivity contribution in [3.63, 3.8) is 0 Å². The van der Waals surface area contributed by atoms with Crippen molar-refractivity contribution < 1.29 is 14.0 Å². The van der Waals surface area contributed by atoms with Gasteiger partial charge in [0.05, 0.1) is 6.54 Å². The highest BCUT2D eigenvalue weighted by molar-refractivity contribution is 6.31. The first-order valence-corrected chi connectivity index (χ1v) is 9.98. The van der Waals surface area contributed by atoms with Crippen LogP contribution in [0.15, 0.2) is 35.1 Å². The van der Waals surface area contributed by atoms with Gasteiger partial charge in [-0.1, -0.05) is 24.6 Å². The van der Waals surface area contributed by atoms with Gasteiger partial charge in [0.1, 0.15) is 5.82 Å². The lowest BCUT2D eigenvalue weighted by Gasteiger charge is -2.40. The van der Waals surface area contributed by atoms with Crippen molar-refractivity contribution in [2.24, 2.45) is 4.99 Å². The molecule has 29 heavy (non-hydrogen) atoms. The van der Waals surface area contributed by atoms with Gasteiger partial charge in [-0.05, 0) is 32.4 Å². The Kier molecular flexibility index (Phi) is 4.77. The van der Waals surface area contributed by atoms with Crippen molar-refractivity contribution >= 4 is 29.5 Å². The molecule has 0 spiro atoms. The van der Waals surface area contributed by atoms with Crippen molar-refractivity contribution in [2.45, 2.75) is 52.0 Å². The Morgan fingerprint density at radius 1 is 1.31 bits per heavy atom. The van der Waals surface area contributed by atoms with Crippen LogP contribution >= 0.6 is 11.6 Å². The van der Waals surface area contributed by atoms with E-state index in [-0.39, 0.29) is 23.2 Å². The molecule has 0 N–H and O–H groups in total. The van der Waals surface area contributed by atoms with Crippen molar-refractivity contribution in [2.75, 3.05) is 7.05 Å². The van der Waals surface area contributed by atoms with E-state index >= 15 is 0 Å². The van der Waals surface area contributed by atoms with Gasteiger partial charge in [0.2, 0.25) is 5.96 Å². The summed E-state index contributed by atoms with van der Waals surface area (Å²) in [5, 5.41) is 0.179. The lowest BCUT2D eigenvalue weighted by Crippen LogP contribution is -2.64. The van der Waals surface area contributed by atoms with Gasteiger partial charge in [-0.2, -0.15) is 0 Å². The number of urea groups is 1. The van der Waals surface area contributed by atoms with E-state index in [1.165, 1.54) is 17.0 Å². The number of carbonyl (C=O) groups excluding carboxylic acids is 2. The van der Waals surface area contributed by atoms with Crippen LogP contribution < -0.4 is 0 Å². The second kappa shape index (κ2) is 7.02. The van der Waals surface area contributed by atoms with Crippen molar-refractivity contribution in [3.05, 3.63) is 46.5 Å². The number of hydrogen-bond acceptors (Lipinski definition) is 5. The molecular formula is C20H23ClFN5O2. The third-order valence-electron chi connectivity index (χ3n) is 5.84. The summed E-state index contributed by atoms with van der Waals surface area (Å²) in [6, 6.07) is 3.30. The van der Waals surface area contributed by atoms with Crippen LogP contribution in [0.3, 0.4) is 0 Å². The van der Waals surface area contributed by atoms with E-state index in [1.807, 2.05) is 18.0 Å². The molecule has 3 aliphatic heterocycles. The van der Waals surface area contributed by atoms with Gasteiger partial charge in [0.15, 0.2) is 12.2 Å². The Bertz CT molecular complexity index is 929. The first-order valence-electron chi connectivity index (χ1n) is 9.61. The number of likely N-dealkylation sites (N-methyl/N-ethyl adjacent to an activating group) is 1. The minimum absolute atomic E-state index is 0.122. The smallest absolute Gasteiger partial charge is 0.312 e. The molecule has 4 rings (SSSR count). The Morgan fingerprint density at radius 3 is 2.69 bits per heavy atom. The molecule has 154 valence electrons. The van der Waals surface area contributed by atoms with Gasteiger partial charge in [-0.25, -0.2) is 14.2 Å². The maximum absolute atomic E-state index is 14.3. The summed E-state index contributed by atoms with van der Waals surface area (Å²) in [5.41, 5.74) is 1.11. The standard InChI is InChI=1S/C20H23ClFN5O2/c1-5-11(2)27-12(3)9-25-16-17(23-19(25)27)24(4)20(29)26(18(16)28)10-13-14(21)7-6-8-15(13)22/h6-9,11,16-17H,5,10H2,1-4H3. The summed E-state index contributed by atoms with van der Waals surface area (Å²) in [6.07, 6.45) is 2.19. The summed E-state index contributed by atoms with van der Waals surface area (Å²) < 4.78 is 14.3. The maximum Gasteiger partial charge on any atom is 0.328 e. The summed E-state index contributed by atoms with van der Waals surface area (Å²) in [5.74, 6) is -0.289. The van der Waals surface area contributed by atoms with Crippen LogP contribution in [-0.2, 0) is 11.3 Å². The van der Waals surface area contributed by atoms with Gasteiger partial charge in [0.25, 0.3) is 5.91 Å². The van der Waals surface area contributed by atoms with Crippen molar-refractivity contribution in [1.82, 2.24) is 19.6 Å². The van der Waals surface area contributed by atoms with Crippen LogP contribution in [0.5, 0.6) is 0 Å². The minimum atomic E-state index is -0.678. The molecule has 1 aromatic rings. The Balaban J connectivity index is 1.68. The van der Waals surface area contributed by atoms with E-state index in [2.05, 4.69) is 18.7 Å². The largest absolute Gasteiger partial charge is 0.328 e. The summed E-state index contributed by atoms with van der Waals surface area (Å²) in [4.78, 5) is 37.4. The van der Waals surface area contributed by atoms with E-state index in [0.29, 0.717) is 5.96 Å². The van der Waals surface area contributed by atoms with Crippen molar-refractivity contribution in [1.29, 1.82) is 0 Å². The number of aliphatic imine (C=N–C) groups is 1. The number of rotatable bonds is 4. The van der Waals surface area contributed by atoms with E-state index in [9.17, 15) is 14.0 Å². The van der Waals surface area contributed by atoms with Crippen LogP contribution in [0.1, 0.15) is 32.8 Å².